The summed E-state index contributed by atoms with van der Waals surface area (Å²) in [4.78, 5) is 28.7. The molecule has 0 spiro atoms. The van der Waals surface area contributed by atoms with Crippen molar-refractivity contribution in [2.45, 2.75) is 13.8 Å². The fraction of sp³-hybridized carbons (Fsp3) is 0.174. The molecule has 0 bridgehead atoms. The van der Waals surface area contributed by atoms with Gasteiger partial charge in [0.15, 0.2) is 5.78 Å². The summed E-state index contributed by atoms with van der Waals surface area (Å²) in [6, 6.07) is 12.7. The van der Waals surface area contributed by atoms with Crippen LogP contribution in [0, 0.1) is 0 Å². The zero-order chi connectivity index (χ0) is 22.5. The van der Waals surface area contributed by atoms with Crippen molar-refractivity contribution >= 4 is 46.4 Å². The van der Waals surface area contributed by atoms with Crippen LogP contribution in [-0.2, 0) is 14.3 Å². The average molecular weight is 458 g/mol. The smallest absolute Gasteiger partial charge is 0.356 e. The summed E-state index contributed by atoms with van der Waals surface area (Å²) in [5.41, 5.74) is 3.97. The number of fused-ring (bicyclic) bond motifs is 1. The molecule has 6 nitrogen and oxygen atoms in total. The number of benzodiazepines with no additional fused rings is 1. The molecule has 0 radical (unpaired) electrons. The number of halogens is 2. The maximum atomic E-state index is 12.5. The number of allylic oxidation sites excluding steroid dienone is 2. The third-order valence-corrected chi connectivity index (χ3v) is 5.04. The quantitative estimate of drug-likeness (QED) is 0.501. The van der Waals surface area contributed by atoms with E-state index in [1.54, 1.807) is 25.1 Å². The number of ketones is 1. The largest absolute Gasteiger partial charge is 0.464 e. The lowest BCUT2D eigenvalue weighted by molar-refractivity contribution is -0.136. The number of nitrogens with one attached hydrogen (secondary N) is 2. The Kier molecular flexibility index (Phi) is 7.15. The van der Waals surface area contributed by atoms with Gasteiger partial charge in [-0.3, -0.25) is 9.79 Å². The molecule has 0 aliphatic carbocycles. The highest BCUT2D eigenvalue weighted by molar-refractivity contribution is 6.36. The number of carbonyl (C=O) groups is 2. The number of nitrogens with zero attached hydrogens (tertiary/aromatic N) is 1. The van der Waals surface area contributed by atoms with Crippen molar-refractivity contribution in [2.24, 2.45) is 4.99 Å². The first-order valence-electron chi connectivity index (χ1n) is 9.43. The van der Waals surface area contributed by atoms with Crippen molar-refractivity contribution in [1.82, 2.24) is 5.32 Å². The van der Waals surface area contributed by atoms with Crippen LogP contribution in [0.4, 0.5) is 5.69 Å². The fourth-order valence-corrected chi connectivity index (χ4v) is 3.58. The number of ether oxygens (including phenoxy) is 1. The molecule has 0 unspecified atom stereocenters. The number of carbonyl (C=O) groups excluding carboxylic acids is 2. The highest BCUT2D eigenvalue weighted by Crippen LogP contribution is 2.30. The topological polar surface area (TPSA) is 79.8 Å². The second-order valence-corrected chi connectivity index (χ2v) is 7.71. The van der Waals surface area contributed by atoms with Gasteiger partial charge in [0.2, 0.25) is 0 Å². The third kappa shape index (κ3) is 5.34. The van der Waals surface area contributed by atoms with Gasteiger partial charge in [0.05, 0.1) is 25.1 Å². The number of hydrogen-bond acceptors (Lipinski definition) is 6. The van der Waals surface area contributed by atoms with E-state index in [-0.39, 0.29) is 18.0 Å². The fourth-order valence-electron chi connectivity index (χ4n) is 3.18. The molecule has 2 aromatic rings. The van der Waals surface area contributed by atoms with Crippen LogP contribution < -0.4 is 10.6 Å². The first kappa shape index (κ1) is 22.6. The summed E-state index contributed by atoms with van der Waals surface area (Å²) in [6.07, 6.45) is 1.40. The van der Waals surface area contributed by atoms with Crippen LogP contribution in [0.25, 0.3) is 0 Å². The molecule has 31 heavy (non-hydrogen) atoms. The van der Waals surface area contributed by atoms with E-state index in [9.17, 15) is 9.59 Å². The molecule has 160 valence electrons. The van der Waals surface area contributed by atoms with E-state index in [2.05, 4.69) is 10.6 Å². The van der Waals surface area contributed by atoms with E-state index in [4.69, 9.17) is 32.9 Å². The van der Waals surface area contributed by atoms with Crippen molar-refractivity contribution < 1.29 is 14.3 Å². The summed E-state index contributed by atoms with van der Waals surface area (Å²) in [5.74, 6) is -0.738. The Bertz CT molecular complexity index is 1140. The SMILES string of the molecule is COC(=O)/C(N/C(C)=C/C(C)=O)=C1\CN=C(c2ccccc2Cl)c2cc(Cl)ccc2N1. The standard InChI is InChI=1S/C23H21Cl2N3O3/c1-13(10-14(2)29)27-22(23(30)31-3)20-12-26-21(16-6-4-5-7-18(16)25)17-11-15(24)8-9-19(17)28-20/h4-11,27-28H,12H2,1-3H3/b13-10+,22-20-. The Hall–Kier alpha value is -3.09. The van der Waals surface area contributed by atoms with E-state index in [1.807, 2.05) is 24.3 Å². The van der Waals surface area contributed by atoms with Crippen LogP contribution in [0.15, 0.2) is 70.6 Å². The zero-order valence-electron chi connectivity index (χ0n) is 17.3. The van der Waals surface area contributed by atoms with Gasteiger partial charge in [-0.2, -0.15) is 0 Å². The Morgan fingerprint density at radius 2 is 1.87 bits per heavy atom. The normalized spacial score (nSPS) is 15.1. The van der Waals surface area contributed by atoms with Gasteiger partial charge in [0.25, 0.3) is 0 Å². The minimum atomic E-state index is -0.592. The molecule has 0 saturated carbocycles. The van der Waals surface area contributed by atoms with Crippen LogP contribution in [-0.4, -0.2) is 31.1 Å². The summed E-state index contributed by atoms with van der Waals surface area (Å²) in [5, 5.41) is 7.32. The van der Waals surface area contributed by atoms with Crippen LogP contribution in [0.1, 0.15) is 25.0 Å². The first-order chi connectivity index (χ1) is 14.8. The lowest BCUT2D eigenvalue weighted by Gasteiger charge is -2.16. The lowest BCUT2D eigenvalue weighted by Crippen LogP contribution is -2.26. The number of benzene rings is 2. The minimum absolute atomic E-state index is 0.137. The van der Waals surface area contributed by atoms with Gasteiger partial charge in [0, 0.05) is 32.6 Å². The van der Waals surface area contributed by atoms with E-state index >= 15 is 0 Å². The van der Waals surface area contributed by atoms with Gasteiger partial charge >= 0.3 is 5.97 Å². The molecule has 1 heterocycles. The number of hydrogen-bond donors (Lipinski definition) is 2. The molecule has 8 heteroatoms. The molecule has 0 amide bonds. The first-order valence-corrected chi connectivity index (χ1v) is 10.2. The molecule has 0 atom stereocenters. The van der Waals surface area contributed by atoms with Gasteiger partial charge in [-0.15, -0.1) is 0 Å². The van der Waals surface area contributed by atoms with Crippen LogP contribution in [0.3, 0.4) is 0 Å². The average Bonchev–Trinajstić information content (AvgIpc) is 2.90. The maximum Gasteiger partial charge on any atom is 0.356 e. The van der Waals surface area contributed by atoms with E-state index in [0.717, 1.165) is 11.1 Å². The molecule has 2 N–H and O–H groups in total. The number of methoxy groups -OCH3 is 1. The van der Waals surface area contributed by atoms with E-state index < -0.39 is 5.97 Å². The van der Waals surface area contributed by atoms with Gasteiger partial charge in [-0.05, 0) is 44.2 Å². The number of anilines is 1. The Balaban J connectivity index is 2.18. The summed E-state index contributed by atoms with van der Waals surface area (Å²) >= 11 is 12.7. The molecule has 1 aliphatic heterocycles. The van der Waals surface area contributed by atoms with Crippen LogP contribution in [0.2, 0.25) is 10.0 Å². The number of rotatable bonds is 5. The molecule has 1 aliphatic rings. The van der Waals surface area contributed by atoms with Gasteiger partial charge < -0.3 is 15.4 Å². The van der Waals surface area contributed by atoms with Crippen molar-refractivity contribution in [3.63, 3.8) is 0 Å². The molecule has 2 aromatic carbocycles. The third-order valence-electron chi connectivity index (χ3n) is 4.48. The molecule has 0 saturated heterocycles. The van der Waals surface area contributed by atoms with Crippen molar-refractivity contribution in [1.29, 1.82) is 0 Å². The molecule has 0 aromatic heterocycles. The maximum absolute atomic E-state index is 12.5. The van der Waals surface area contributed by atoms with Crippen molar-refractivity contribution in [3.05, 3.63) is 86.8 Å². The Labute approximate surface area is 190 Å². The van der Waals surface area contributed by atoms with E-state index in [0.29, 0.717) is 32.8 Å². The second kappa shape index (κ2) is 9.81. The lowest BCUT2D eigenvalue weighted by atomic mass is 10.0. The molecule has 3 rings (SSSR count). The van der Waals surface area contributed by atoms with Crippen LogP contribution in [0.5, 0.6) is 0 Å². The van der Waals surface area contributed by atoms with Crippen LogP contribution >= 0.6 is 23.2 Å². The second-order valence-electron chi connectivity index (χ2n) is 6.87. The van der Waals surface area contributed by atoms with Gasteiger partial charge in [0.1, 0.15) is 5.70 Å². The monoisotopic (exact) mass is 457 g/mol. The van der Waals surface area contributed by atoms with E-state index in [1.165, 1.54) is 20.1 Å². The summed E-state index contributed by atoms with van der Waals surface area (Å²) in [6.45, 7) is 3.26. The zero-order valence-corrected chi connectivity index (χ0v) is 18.8. The minimum Gasteiger partial charge on any atom is -0.464 e. The predicted molar refractivity (Wildman–Crippen MR) is 124 cm³/mol. The highest BCUT2D eigenvalue weighted by Gasteiger charge is 2.23. The molecular weight excluding hydrogens is 437 g/mol. The Morgan fingerprint density at radius 1 is 1.13 bits per heavy atom. The van der Waals surface area contributed by atoms with Crippen molar-refractivity contribution in [3.8, 4) is 0 Å². The predicted octanol–water partition coefficient (Wildman–Crippen LogP) is 4.72. The van der Waals surface area contributed by atoms with Gasteiger partial charge in [-0.1, -0.05) is 41.4 Å². The molecule has 0 fully saturated rings. The van der Waals surface area contributed by atoms with Gasteiger partial charge in [-0.25, -0.2) is 4.79 Å². The summed E-state index contributed by atoms with van der Waals surface area (Å²) in [7, 11) is 1.29. The Morgan fingerprint density at radius 3 is 2.55 bits per heavy atom. The van der Waals surface area contributed by atoms with Crippen molar-refractivity contribution in [2.75, 3.05) is 19.0 Å². The highest BCUT2D eigenvalue weighted by atomic mass is 35.5. The number of esters is 1. The molecular formula is C23H21Cl2N3O3. The number of aliphatic imine (C=N–C) groups is 1. The summed E-state index contributed by atoms with van der Waals surface area (Å²) < 4.78 is 4.95.